The first kappa shape index (κ1) is 13.4. The minimum atomic E-state index is -0.404. The quantitative estimate of drug-likeness (QED) is 0.917. The van der Waals surface area contributed by atoms with Gasteiger partial charge in [0.2, 0.25) is 0 Å². The van der Waals surface area contributed by atoms with Crippen LogP contribution < -0.4 is 15.4 Å². The third-order valence-corrected chi connectivity index (χ3v) is 2.82. The van der Waals surface area contributed by atoms with Crippen molar-refractivity contribution in [2.45, 2.75) is 6.54 Å². The number of nitrogens with zero attached hydrogens (tertiary/aromatic N) is 1. The van der Waals surface area contributed by atoms with Gasteiger partial charge in [0, 0.05) is 38.0 Å². The van der Waals surface area contributed by atoms with Gasteiger partial charge in [0.25, 0.3) is 0 Å². The van der Waals surface area contributed by atoms with Gasteiger partial charge in [-0.25, -0.2) is 4.39 Å². The van der Waals surface area contributed by atoms with Crippen molar-refractivity contribution in [2.24, 2.45) is 5.73 Å². The maximum atomic E-state index is 13.8. The van der Waals surface area contributed by atoms with Crippen molar-refractivity contribution < 1.29 is 9.13 Å². The number of rotatable bonds is 4. The molecule has 0 amide bonds. The van der Waals surface area contributed by atoms with Crippen molar-refractivity contribution in [3.63, 3.8) is 0 Å². The maximum Gasteiger partial charge on any atom is 0.167 e. The highest BCUT2D eigenvalue weighted by atomic mass is 19.1. The fourth-order valence-electron chi connectivity index (χ4n) is 1.77. The molecule has 2 aromatic rings. The zero-order valence-corrected chi connectivity index (χ0v) is 11.1. The summed E-state index contributed by atoms with van der Waals surface area (Å²) in [4.78, 5) is 1.96. The standard InChI is InChI=1S/C15H17FN2O/c1-18(2)12-6-4-7-13(9-12)19-15-11(10-17)5-3-8-14(15)16/h3-9H,10,17H2,1-2H3. The monoisotopic (exact) mass is 260 g/mol. The van der Waals surface area contributed by atoms with E-state index in [2.05, 4.69) is 0 Å². The van der Waals surface area contributed by atoms with Crippen molar-refractivity contribution in [2.75, 3.05) is 19.0 Å². The first-order chi connectivity index (χ1) is 9.11. The molecule has 0 bridgehead atoms. The van der Waals surface area contributed by atoms with Gasteiger partial charge < -0.3 is 15.4 Å². The van der Waals surface area contributed by atoms with E-state index in [4.69, 9.17) is 10.5 Å². The Hall–Kier alpha value is -2.07. The van der Waals surface area contributed by atoms with Gasteiger partial charge in [-0.1, -0.05) is 18.2 Å². The smallest absolute Gasteiger partial charge is 0.167 e. The SMILES string of the molecule is CN(C)c1cccc(Oc2c(F)cccc2CN)c1. The lowest BCUT2D eigenvalue weighted by molar-refractivity contribution is 0.436. The van der Waals surface area contributed by atoms with Crippen LogP contribution in [0, 0.1) is 5.82 Å². The van der Waals surface area contributed by atoms with Gasteiger partial charge in [-0.2, -0.15) is 0 Å². The molecule has 0 radical (unpaired) electrons. The zero-order valence-electron chi connectivity index (χ0n) is 11.1. The van der Waals surface area contributed by atoms with Gasteiger partial charge in [-0.3, -0.25) is 0 Å². The summed E-state index contributed by atoms with van der Waals surface area (Å²) in [5, 5.41) is 0. The lowest BCUT2D eigenvalue weighted by atomic mass is 10.2. The van der Waals surface area contributed by atoms with Crippen molar-refractivity contribution in [1.29, 1.82) is 0 Å². The Bertz CT molecular complexity index is 570. The second kappa shape index (κ2) is 5.71. The molecule has 4 heteroatoms. The van der Waals surface area contributed by atoms with E-state index in [1.54, 1.807) is 18.2 Å². The highest BCUT2D eigenvalue weighted by Crippen LogP contribution is 2.30. The largest absolute Gasteiger partial charge is 0.454 e. The van der Waals surface area contributed by atoms with Crippen LogP contribution in [0.5, 0.6) is 11.5 Å². The predicted molar refractivity (Wildman–Crippen MR) is 75.1 cm³/mol. The molecular formula is C15H17FN2O. The molecule has 2 rings (SSSR count). The number of halogens is 1. The van der Waals surface area contributed by atoms with Crippen LogP contribution in [0.1, 0.15) is 5.56 Å². The summed E-state index contributed by atoms with van der Waals surface area (Å²) < 4.78 is 19.4. The molecule has 0 saturated carbocycles. The predicted octanol–water partition coefficient (Wildman–Crippen LogP) is 3.14. The Morgan fingerprint density at radius 1 is 1.16 bits per heavy atom. The summed E-state index contributed by atoms with van der Waals surface area (Å²) in [6.45, 7) is 0.237. The average molecular weight is 260 g/mol. The summed E-state index contributed by atoms with van der Waals surface area (Å²) in [6.07, 6.45) is 0. The van der Waals surface area contributed by atoms with Crippen LogP contribution >= 0.6 is 0 Å². The minimum Gasteiger partial charge on any atom is -0.454 e. The molecule has 2 N–H and O–H groups in total. The van der Waals surface area contributed by atoms with E-state index in [0.29, 0.717) is 11.3 Å². The average Bonchev–Trinajstić information content (AvgIpc) is 2.41. The summed E-state index contributed by atoms with van der Waals surface area (Å²) in [7, 11) is 3.88. The minimum absolute atomic E-state index is 0.195. The summed E-state index contributed by atoms with van der Waals surface area (Å²) in [5.74, 6) is 0.380. The maximum absolute atomic E-state index is 13.8. The zero-order chi connectivity index (χ0) is 13.8. The van der Waals surface area contributed by atoms with E-state index in [-0.39, 0.29) is 12.3 Å². The van der Waals surface area contributed by atoms with Crippen LogP contribution in [0.15, 0.2) is 42.5 Å². The number of para-hydroxylation sites is 1. The molecule has 19 heavy (non-hydrogen) atoms. The number of ether oxygens (including phenoxy) is 1. The van der Waals surface area contributed by atoms with E-state index < -0.39 is 5.82 Å². The molecule has 100 valence electrons. The van der Waals surface area contributed by atoms with Gasteiger partial charge in [0.05, 0.1) is 0 Å². The molecule has 0 heterocycles. The van der Waals surface area contributed by atoms with E-state index in [9.17, 15) is 4.39 Å². The van der Waals surface area contributed by atoms with E-state index >= 15 is 0 Å². The van der Waals surface area contributed by atoms with Crippen LogP contribution in [0.2, 0.25) is 0 Å². The van der Waals surface area contributed by atoms with Gasteiger partial charge >= 0.3 is 0 Å². The van der Waals surface area contributed by atoms with Gasteiger partial charge in [-0.05, 0) is 18.2 Å². The lowest BCUT2D eigenvalue weighted by Gasteiger charge is -2.15. The highest BCUT2D eigenvalue weighted by Gasteiger charge is 2.10. The van der Waals surface area contributed by atoms with Crippen molar-refractivity contribution in [3.8, 4) is 11.5 Å². The molecular weight excluding hydrogens is 243 g/mol. The molecule has 0 aliphatic heterocycles. The van der Waals surface area contributed by atoms with E-state index in [1.807, 2.05) is 37.2 Å². The van der Waals surface area contributed by atoms with Crippen LogP contribution in [0.25, 0.3) is 0 Å². The van der Waals surface area contributed by atoms with Crippen LogP contribution in [0.3, 0.4) is 0 Å². The van der Waals surface area contributed by atoms with Gasteiger partial charge in [0.1, 0.15) is 5.75 Å². The van der Waals surface area contributed by atoms with Crippen molar-refractivity contribution in [1.82, 2.24) is 0 Å². The molecule has 0 aromatic heterocycles. The number of nitrogens with two attached hydrogens (primary N) is 1. The highest BCUT2D eigenvalue weighted by molar-refractivity contribution is 5.51. The lowest BCUT2D eigenvalue weighted by Crippen LogP contribution is -2.08. The molecule has 3 nitrogen and oxygen atoms in total. The van der Waals surface area contributed by atoms with Crippen molar-refractivity contribution >= 4 is 5.69 Å². The molecule has 0 spiro atoms. The Morgan fingerprint density at radius 2 is 1.89 bits per heavy atom. The summed E-state index contributed by atoms with van der Waals surface area (Å²) in [5.41, 5.74) is 7.23. The molecule has 0 atom stereocenters. The Kier molecular flexibility index (Phi) is 4.02. The van der Waals surface area contributed by atoms with Crippen LogP contribution in [0.4, 0.5) is 10.1 Å². The molecule has 0 aliphatic carbocycles. The van der Waals surface area contributed by atoms with E-state index in [1.165, 1.54) is 6.07 Å². The molecule has 0 aliphatic rings. The Balaban J connectivity index is 2.33. The van der Waals surface area contributed by atoms with E-state index in [0.717, 1.165) is 5.69 Å². The second-order valence-electron chi connectivity index (χ2n) is 4.43. The normalized spacial score (nSPS) is 10.3. The second-order valence-corrected chi connectivity index (χ2v) is 4.43. The topological polar surface area (TPSA) is 38.5 Å². The third kappa shape index (κ3) is 3.03. The molecule has 0 saturated heterocycles. The first-order valence-electron chi connectivity index (χ1n) is 6.04. The molecule has 0 fully saturated rings. The van der Waals surface area contributed by atoms with Gasteiger partial charge in [-0.15, -0.1) is 0 Å². The van der Waals surface area contributed by atoms with Gasteiger partial charge in [0.15, 0.2) is 11.6 Å². The number of hydrogen-bond donors (Lipinski definition) is 1. The molecule has 2 aromatic carbocycles. The van der Waals surface area contributed by atoms with Crippen LogP contribution in [-0.4, -0.2) is 14.1 Å². The number of benzene rings is 2. The number of anilines is 1. The van der Waals surface area contributed by atoms with Crippen molar-refractivity contribution in [3.05, 3.63) is 53.8 Å². The Labute approximate surface area is 112 Å². The number of hydrogen-bond acceptors (Lipinski definition) is 3. The summed E-state index contributed by atoms with van der Waals surface area (Å²) in [6, 6.07) is 12.2. The fourth-order valence-corrected chi connectivity index (χ4v) is 1.77. The summed E-state index contributed by atoms with van der Waals surface area (Å²) >= 11 is 0. The Morgan fingerprint density at radius 3 is 2.58 bits per heavy atom. The molecule has 0 unspecified atom stereocenters. The fraction of sp³-hybridized carbons (Fsp3) is 0.200. The van der Waals surface area contributed by atoms with Crippen LogP contribution in [-0.2, 0) is 6.54 Å². The third-order valence-electron chi connectivity index (χ3n) is 2.82. The first-order valence-corrected chi connectivity index (χ1v) is 6.04.